The van der Waals surface area contributed by atoms with E-state index in [4.69, 9.17) is 0 Å². The SMILES string of the molecule is CC[C@H](NC(=O)CC(O)C(C)(C)C)c1cccc(OC(F)(F)F)c1. The van der Waals surface area contributed by atoms with Crippen LogP contribution in [0.1, 0.15) is 52.1 Å². The van der Waals surface area contributed by atoms with Crippen molar-refractivity contribution in [3.8, 4) is 5.75 Å². The van der Waals surface area contributed by atoms with Crippen LogP contribution in [0, 0.1) is 5.41 Å². The van der Waals surface area contributed by atoms with Gasteiger partial charge in [-0.05, 0) is 29.5 Å². The summed E-state index contributed by atoms with van der Waals surface area (Å²) in [5.41, 5.74) is 0.0809. The minimum Gasteiger partial charge on any atom is -0.406 e. The Labute approximate surface area is 140 Å². The minimum atomic E-state index is -4.76. The average molecular weight is 347 g/mol. The van der Waals surface area contributed by atoms with Gasteiger partial charge in [0, 0.05) is 0 Å². The number of hydrogen-bond donors (Lipinski definition) is 2. The molecule has 2 atom stereocenters. The molecule has 7 heteroatoms. The second-order valence-corrected chi connectivity index (χ2v) is 6.73. The number of hydrogen-bond acceptors (Lipinski definition) is 3. The van der Waals surface area contributed by atoms with Gasteiger partial charge < -0.3 is 15.2 Å². The third-order valence-electron chi connectivity index (χ3n) is 3.62. The normalized spacial score (nSPS) is 14.8. The lowest BCUT2D eigenvalue weighted by Crippen LogP contribution is -2.35. The third-order valence-corrected chi connectivity index (χ3v) is 3.62. The molecule has 0 spiro atoms. The van der Waals surface area contributed by atoms with Gasteiger partial charge in [0.1, 0.15) is 5.75 Å². The smallest absolute Gasteiger partial charge is 0.406 e. The number of alkyl halides is 3. The molecule has 0 saturated carbocycles. The fourth-order valence-corrected chi connectivity index (χ4v) is 2.08. The van der Waals surface area contributed by atoms with Crippen molar-refractivity contribution in [2.75, 3.05) is 0 Å². The molecule has 0 aromatic heterocycles. The van der Waals surface area contributed by atoms with Gasteiger partial charge in [0.2, 0.25) is 5.91 Å². The zero-order valence-corrected chi connectivity index (χ0v) is 14.3. The predicted molar refractivity (Wildman–Crippen MR) is 84.4 cm³/mol. The fraction of sp³-hybridized carbons (Fsp3) is 0.588. The summed E-state index contributed by atoms with van der Waals surface area (Å²) in [4.78, 5) is 12.1. The molecule has 0 aliphatic rings. The second-order valence-electron chi connectivity index (χ2n) is 6.73. The van der Waals surface area contributed by atoms with E-state index in [-0.39, 0.29) is 18.1 Å². The molecule has 0 aliphatic carbocycles. The van der Waals surface area contributed by atoms with Gasteiger partial charge in [-0.1, -0.05) is 39.8 Å². The summed E-state index contributed by atoms with van der Waals surface area (Å²) in [6, 6.07) is 5.06. The number of nitrogens with one attached hydrogen (secondary N) is 1. The van der Waals surface area contributed by atoms with E-state index in [1.807, 2.05) is 27.7 Å². The Morgan fingerprint density at radius 2 is 1.92 bits per heavy atom. The van der Waals surface area contributed by atoms with Crippen LogP contribution in [-0.2, 0) is 4.79 Å². The van der Waals surface area contributed by atoms with Crippen molar-refractivity contribution in [1.29, 1.82) is 0 Å². The lowest BCUT2D eigenvalue weighted by Gasteiger charge is -2.26. The van der Waals surface area contributed by atoms with Crippen LogP contribution in [0.2, 0.25) is 0 Å². The van der Waals surface area contributed by atoms with E-state index in [1.165, 1.54) is 18.2 Å². The predicted octanol–water partition coefficient (Wildman–Crippen LogP) is 3.95. The molecule has 1 rings (SSSR count). The molecule has 1 aromatic carbocycles. The number of carbonyl (C=O) groups is 1. The van der Waals surface area contributed by atoms with Gasteiger partial charge in [-0.25, -0.2) is 0 Å². The first-order valence-corrected chi connectivity index (χ1v) is 7.75. The average Bonchev–Trinajstić information content (AvgIpc) is 2.42. The Bertz CT molecular complexity index is 553. The first-order chi connectivity index (χ1) is 10.9. The van der Waals surface area contributed by atoms with E-state index in [0.717, 1.165) is 0 Å². The van der Waals surface area contributed by atoms with Crippen LogP contribution in [0.15, 0.2) is 24.3 Å². The number of benzene rings is 1. The summed E-state index contributed by atoms with van der Waals surface area (Å²) in [5.74, 6) is -0.686. The number of amides is 1. The number of aliphatic hydroxyl groups is 1. The lowest BCUT2D eigenvalue weighted by atomic mass is 9.87. The van der Waals surface area contributed by atoms with Crippen LogP contribution in [0.3, 0.4) is 0 Å². The van der Waals surface area contributed by atoms with E-state index < -0.39 is 23.9 Å². The molecular formula is C17H24F3NO3. The number of aliphatic hydroxyl groups excluding tert-OH is 1. The van der Waals surface area contributed by atoms with Gasteiger partial charge in [-0.15, -0.1) is 13.2 Å². The Balaban J connectivity index is 2.79. The quantitative estimate of drug-likeness (QED) is 0.819. The highest BCUT2D eigenvalue weighted by atomic mass is 19.4. The molecule has 1 aromatic rings. The van der Waals surface area contributed by atoms with E-state index >= 15 is 0 Å². The van der Waals surface area contributed by atoms with Gasteiger partial charge >= 0.3 is 6.36 Å². The molecule has 4 nitrogen and oxygen atoms in total. The van der Waals surface area contributed by atoms with Crippen molar-refractivity contribution in [2.24, 2.45) is 5.41 Å². The topological polar surface area (TPSA) is 58.6 Å². The maximum Gasteiger partial charge on any atom is 0.573 e. The monoisotopic (exact) mass is 347 g/mol. The maximum atomic E-state index is 12.3. The fourth-order valence-electron chi connectivity index (χ4n) is 2.08. The Morgan fingerprint density at radius 1 is 1.29 bits per heavy atom. The maximum absolute atomic E-state index is 12.3. The first kappa shape index (κ1) is 20.3. The van der Waals surface area contributed by atoms with Crippen molar-refractivity contribution < 1.29 is 27.8 Å². The summed E-state index contributed by atoms with van der Waals surface area (Å²) in [6.45, 7) is 7.27. The highest BCUT2D eigenvalue weighted by Gasteiger charge is 2.31. The molecule has 0 heterocycles. The molecule has 0 saturated heterocycles. The van der Waals surface area contributed by atoms with Crippen LogP contribution >= 0.6 is 0 Å². The van der Waals surface area contributed by atoms with Crippen LogP contribution < -0.4 is 10.1 Å². The van der Waals surface area contributed by atoms with Crippen molar-refractivity contribution in [1.82, 2.24) is 5.32 Å². The third kappa shape index (κ3) is 6.78. The van der Waals surface area contributed by atoms with Gasteiger partial charge in [0.05, 0.1) is 18.6 Å². The van der Waals surface area contributed by atoms with Gasteiger partial charge in [0.25, 0.3) is 0 Å². The van der Waals surface area contributed by atoms with Crippen molar-refractivity contribution >= 4 is 5.91 Å². The van der Waals surface area contributed by atoms with Crippen LogP contribution in [0.4, 0.5) is 13.2 Å². The molecule has 1 unspecified atom stereocenters. The van der Waals surface area contributed by atoms with Gasteiger partial charge in [-0.2, -0.15) is 0 Å². The zero-order valence-electron chi connectivity index (χ0n) is 14.3. The lowest BCUT2D eigenvalue weighted by molar-refractivity contribution is -0.274. The largest absolute Gasteiger partial charge is 0.573 e. The number of carbonyl (C=O) groups excluding carboxylic acids is 1. The molecular weight excluding hydrogens is 323 g/mol. The molecule has 0 bridgehead atoms. The molecule has 0 aliphatic heterocycles. The van der Waals surface area contributed by atoms with Crippen molar-refractivity contribution in [3.63, 3.8) is 0 Å². The van der Waals surface area contributed by atoms with Crippen LogP contribution in [0.25, 0.3) is 0 Å². The Morgan fingerprint density at radius 3 is 2.42 bits per heavy atom. The number of halogens is 3. The van der Waals surface area contributed by atoms with Crippen LogP contribution in [0.5, 0.6) is 5.75 Å². The summed E-state index contributed by atoms with van der Waals surface area (Å²) in [5, 5.41) is 12.7. The van der Waals surface area contributed by atoms with Crippen LogP contribution in [-0.4, -0.2) is 23.5 Å². The van der Waals surface area contributed by atoms with Crippen molar-refractivity contribution in [2.45, 2.75) is 59.0 Å². The highest BCUT2D eigenvalue weighted by molar-refractivity contribution is 5.77. The molecule has 1 amide bonds. The highest BCUT2D eigenvalue weighted by Crippen LogP contribution is 2.27. The second kappa shape index (κ2) is 7.88. The standard InChI is InChI=1S/C17H24F3NO3/c1-5-13(21-15(23)10-14(22)16(2,3)4)11-7-6-8-12(9-11)24-17(18,19)20/h6-9,13-14,22H,5,10H2,1-4H3,(H,21,23)/t13-,14?/m0/s1. The first-order valence-electron chi connectivity index (χ1n) is 7.75. The Hall–Kier alpha value is -1.76. The van der Waals surface area contributed by atoms with E-state index in [0.29, 0.717) is 12.0 Å². The molecule has 136 valence electrons. The van der Waals surface area contributed by atoms with Gasteiger partial charge in [0.15, 0.2) is 0 Å². The van der Waals surface area contributed by atoms with E-state index in [1.54, 1.807) is 6.07 Å². The molecule has 2 N–H and O–H groups in total. The molecule has 0 radical (unpaired) electrons. The summed E-state index contributed by atoms with van der Waals surface area (Å²) in [7, 11) is 0. The summed E-state index contributed by atoms with van der Waals surface area (Å²) < 4.78 is 40.8. The summed E-state index contributed by atoms with van der Waals surface area (Å²) in [6.07, 6.45) is -5.15. The van der Waals surface area contributed by atoms with E-state index in [2.05, 4.69) is 10.1 Å². The minimum absolute atomic E-state index is 0.0707. The molecule has 0 fully saturated rings. The van der Waals surface area contributed by atoms with Crippen molar-refractivity contribution in [3.05, 3.63) is 29.8 Å². The summed E-state index contributed by atoms with van der Waals surface area (Å²) >= 11 is 0. The zero-order chi connectivity index (χ0) is 18.5. The van der Waals surface area contributed by atoms with Gasteiger partial charge in [-0.3, -0.25) is 4.79 Å². The Kier molecular flexibility index (Phi) is 6.66. The van der Waals surface area contributed by atoms with E-state index in [9.17, 15) is 23.1 Å². The molecule has 24 heavy (non-hydrogen) atoms. The number of ether oxygens (including phenoxy) is 1. The number of rotatable bonds is 6.